The normalized spacial score (nSPS) is 29.4. The molecule has 0 aliphatic heterocycles. The maximum atomic E-state index is 13.3. The summed E-state index contributed by atoms with van der Waals surface area (Å²) in [5.74, 6) is 1.03. The zero-order valence-electron chi connectivity index (χ0n) is 12.5. The van der Waals surface area contributed by atoms with Crippen molar-refractivity contribution in [1.29, 1.82) is 0 Å². The van der Waals surface area contributed by atoms with Gasteiger partial charge in [-0.05, 0) is 43.2 Å². The van der Waals surface area contributed by atoms with Gasteiger partial charge in [-0.15, -0.1) is 0 Å². The molecule has 22 heavy (non-hydrogen) atoms. The highest BCUT2D eigenvalue weighted by molar-refractivity contribution is 5.91. The number of benzene rings is 1. The van der Waals surface area contributed by atoms with Crippen LogP contribution in [0.2, 0.25) is 0 Å². The molecule has 2 saturated carbocycles. The Labute approximate surface area is 128 Å². The van der Waals surface area contributed by atoms with E-state index in [1.54, 1.807) is 0 Å². The molecule has 1 aromatic carbocycles. The third-order valence-electron chi connectivity index (χ3n) is 5.01. The number of halogens is 1. The van der Waals surface area contributed by atoms with E-state index in [1.807, 2.05) is 0 Å². The summed E-state index contributed by atoms with van der Waals surface area (Å²) in [7, 11) is 1.47. The van der Waals surface area contributed by atoms with Gasteiger partial charge in [-0.25, -0.2) is 9.18 Å². The van der Waals surface area contributed by atoms with Crippen LogP contribution in [0.3, 0.4) is 0 Å². The second-order valence-electron chi connectivity index (χ2n) is 6.15. The lowest BCUT2D eigenvalue weighted by Crippen LogP contribution is -2.46. The largest absolute Gasteiger partial charge is 0.495 e. The molecule has 5 nitrogen and oxygen atoms in total. The summed E-state index contributed by atoms with van der Waals surface area (Å²) >= 11 is 0. The Kier molecular flexibility index (Phi) is 4.20. The first-order valence-electron chi connectivity index (χ1n) is 7.64. The molecule has 3 N–H and O–H groups in total. The van der Waals surface area contributed by atoms with E-state index < -0.39 is 5.82 Å². The van der Waals surface area contributed by atoms with Crippen LogP contribution in [0, 0.1) is 23.6 Å². The highest BCUT2D eigenvalue weighted by Crippen LogP contribution is 2.48. The molecule has 4 unspecified atom stereocenters. The molecular formula is C16H21FN2O3. The third-order valence-corrected chi connectivity index (χ3v) is 5.01. The molecule has 4 atom stereocenters. The van der Waals surface area contributed by atoms with Crippen LogP contribution >= 0.6 is 0 Å². The summed E-state index contributed by atoms with van der Waals surface area (Å²) in [6.45, 7) is 0.0927. The van der Waals surface area contributed by atoms with E-state index in [4.69, 9.17) is 4.74 Å². The molecule has 2 aliphatic rings. The first-order chi connectivity index (χ1) is 10.6. The van der Waals surface area contributed by atoms with Crippen LogP contribution in [0.5, 0.6) is 5.75 Å². The van der Waals surface area contributed by atoms with Gasteiger partial charge in [0, 0.05) is 24.6 Å². The number of methoxy groups -OCH3 is 1. The van der Waals surface area contributed by atoms with Gasteiger partial charge in [0.2, 0.25) is 0 Å². The molecule has 2 bridgehead atoms. The first kappa shape index (κ1) is 15.1. The predicted molar refractivity (Wildman–Crippen MR) is 80.3 cm³/mol. The number of carbonyl (C=O) groups is 1. The highest BCUT2D eigenvalue weighted by atomic mass is 19.1. The Bertz CT molecular complexity index is 566. The van der Waals surface area contributed by atoms with Crippen LogP contribution in [0.25, 0.3) is 0 Å². The molecule has 2 aliphatic carbocycles. The average molecular weight is 308 g/mol. The number of urea groups is 1. The van der Waals surface area contributed by atoms with Gasteiger partial charge in [0.1, 0.15) is 11.6 Å². The Balaban J connectivity index is 1.67. The fourth-order valence-electron chi connectivity index (χ4n) is 3.99. The fourth-order valence-corrected chi connectivity index (χ4v) is 3.99. The molecule has 0 radical (unpaired) electrons. The molecule has 0 heterocycles. The van der Waals surface area contributed by atoms with Crippen molar-refractivity contribution in [3.8, 4) is 5.75 Å². The van der Waals surface area contributed by atoms with Crippen molar-refractivity contribution in [3.63, 3.8) is 0 Å². The number of aliphatic hydroxyl groups excluding tert-OH is 1. The van der Waals surface area contributed by atoms with Crippen molar-refractivity contribution in [2.24, 2.45) is 17.8 Å². The van der Waals surface area contributed by atoms with Crippen LogP contribution in [0.4, 0.5) is 14.9 Å². The van der Waals surface area contributed by atoms with Gasteiger partial charge < -0.3 is 20.5 Å². The molecule has 2 amide bonds. The lowest BCUT2D eigenvalue weighted by atomic mass is 9.85. The number of fused-ring (bicyclic) bond motifs is 2. The van der Waals surface area contributed by atoms with E-state index in [0.29, 0.717) is 23.3 Å². The summed E-state index contributed by atoms with van der Waals surface area (Å²) in [5, 5.41) is 15.1. The van der Waals surface area contributed by atoms with Crippen LogP contribution in [0.15, 0.2) is 18.2 Å². The minimum absolute atomic E-state index is 0.0108. The second-order valence-corrected chi connectivity index (χ2v) is 6.15. The van der Waals surface area contributed by atoms with E-state index in [1.165, 1.54) is 25.3 Å². The lowest BCUT2D eigenvalue weighted by molar-refractivity contribution is 0.146. The first-order valence-corrected chi connectivity index (χ1v) is 7.64. The Morgan fingerprint density at radius 3 is 2.91 bits per heavy atom. The summed E-state index contributed by atoms with van der Waals surface area (Å²) in [6, 6.07) is 3.57. The maximum absolute atomic E-state index is 13.3. The molecule has 1 aromatic rings. The quantitative estimate of drug-likeness (QED) is 0.799. The number of nitrogens with one attached hydrogen (secondary N) is 2. The van der Waals surface area contributed by atoms with Crippen molar-refractivity contribution < 1.29 is 19.0 Å². The number of anilines is 1. The number of carbonyl (C=O) groups excluding carboxylic acids is 1. The molecule has 3 rings (SSSR count). The monoisotopic (exact) mass is 308 g/mol. The maximum Gasteiger partial charge on any atom is 0.319 e. The van der Waals surface area contributed by atoms with E-state index in [-0.39, 0.29) is 24.6 Å². The standard InChI is InChI=1S/C16H21FN2O3/c1-22-14-5-4-11(17)7-13(14)18-16(21)19-15-10-3-2-9(6-10)12(15)8-20/h4-5,7,9-10,12,15,20H,2-3,6,8H2,1H3,(H2,18,19,21). The molecule has 0 spiro atoms. The summed E-state index contributed by atoms with van der Waals surface area (Å²) < 4.78 is 18.4. The van der Waals surface area contributed by atoms with Crippen molar-refractivity contribution in [1.82, 2.24) is 5.32 Å². The lowest BCUT2D eigenvalue weighted by Gasteiger charge is -2.30. The summed E-state index contributed by atoms with van der Waals surface area (Å²) in [5.41, 5.74) is 0.295. The van der Waals surface area contributed by atoms with Crippen LogP contribution in [-0.2, 0) is 0 Å². The third kappa shape index (κ3) is 2.75. The van der Waals surface area contributed by atoms with Crippen LogP contribution < -0.4 is 15.4 Å². The van der Waals surface area contributed by atoms with Crippen LogP contribution in [-0.4, -0.2) is 30.9 Å². The van der Waals surface area contributed by atoms with Crippen molar-refractivity contribution >= 4 is 11.7 Å². The van der Waals surface area contributed by atoms with Crippen molar-refractivity contribution in [2.45, 2.75) is 25.3 Å². The van der Waals surface area contributed by atoms with Gasteiger partial charge in [0.25, 0.3) is 0 Å². The Morgan fingerprint density at radius 2 is 2.18 bits per heavy atom. The molecule has 0 aromatic heterocycles. The minimum Gasteiger partial charge on any atom is -0.495 e. The van der Waals surface area contributed by atoms with Gasteiger partial charge >= 0.3 is 6.03 Å². The van der Waals surface area contributed by atoms with E-state index >= 15 is 0 Å². The van der Waals surface area contributed by atoms with E-state index in [0.717, 1.165) is 19.3 Å². The Hall–Kier alpha value is -1.82. The molecular weight excluding hydrogens is 287 g/mol. The van der Waals surface area contributed by atoms with Gasteiger partial charge in [0.15, 0.2) is 0 Å². The van der Waals surface area contributed by atoms with Gasteiger partial charge in [-0.1, -0.05) is 0 Å². The minimum atomic E-state index is -0.441. The molecule has 120 valence electrons. The smallest absolute Gasteiger partial charge is 0.319 e. The number of aliphatic hydroxyl groups is 1. The van der Waals surface area contributed by atoms with Crippen molar-refractivity contribution in [2.75, 3.05) is 19.0 Å². The molecule has 2 fully saturated rings. The fraction of sp³-hybridized carbons (Fsp3) is 0.562. The molecule has 6 heteroatoms. The Morgan fingerprint density at radius 1 is 1.41 bits per heavy atom. The zero-order valence-corrected chi connectivity index (χ0v) is 12.5. The van der Waals surface area contributed by atoms with Gasteiger partial charge in [-0.3, -0.25) is 0 Å². The predicted octanol–water partition coefficient (Wildman–Crippen LogP) is 2.36. The van der Waals surface area contributed by atoms with Gasteiger partial charge in [0.05, 0.1) is 12.8 Å². The van der Waals surface area contributed by atoms with E-state index in [9.17, 15) is 14.3 Å². The summed E-state index contributed by atoms with van der Waals surface area (Å²) in [4.78, 5) is 12.2. The number of hydrogen-bond acceptors (Lipinski definition) is 3. The SMILES string of the molecule is COc1ccc(F)cc1NC(=O)NC1C2CCC(C2)C1CO. The average Bonchev–Trinajstić information content (AvgIpc) is 3.08. The second kappa shape index (κ2) is 6.12. The number of rotatable bonds is 4. The number of amides is 2. The molecule has 0 saturated heterocycles. The summed E-state index contributed by atoms with van der Waals surface area (Å²) in [6.07, 6.45) is 3.29. The topological polar surface area (TPSA) is 70.6 Å². The number of hydrogen-bond donors (Lipinski definition) is 3. The van der Waals surface area contributed by atoms with Crippen molar-refractivity contribution in [3.05, 3.63) is 24.0 Å². The number of ether oxygens (including phenoxy) is 1. The van der Waals surface area contributed by atoms with Crippen LogP contribution in [0.1, 0.15) is 19.3 Å². The zero-order chi connectivity index (χ0) is 15.7. The van der Waals surface area contributed by atoms with E-state index in [2.05, 4.69) is 10.6 Å². The van der Waals surface area contributed by atoms with Gasteiger partial charge in [-0.2, -0.15) is 0 Å². The highest BCUT2D eigenvalue weighted by Gasteiger charge is 2.47.